The third-order valence-electron chi connectivity index (χ3n) is 1.93. The highest BCUT2D eigenvalue weighted by Gasteiger charge is 2.37. The molecule has 70 valence electrons. The fourth-order valence-corrected chi connectivity index (χ4v) is 2.07. The van der Waals surface area contributed by atoms with Crippen LogP contribution < -0.4 is 0 Å². The molecule has 2 nitrogen and oxygen atoms in total. The van der Waals surface area contributed by atoms with Crippen LogP contribution in [-0.4, -0.2) is 18.5 Å². The molecule has 0 bridgehead atoms. The first kappa shape index (κ1) is 11.8. The summed E-state index contributed by atoms with van der Waals surface area (Å²) in [5.41, 5.74) is 0. The zero-order valence-corrected chi connectivity index (χ0v) is 8.91. The molecule has 1 rings (SSSR count). The first-order chi connectivity index (χ1) is 5.83. The number of hydrogen-bond acceptors (Lipinski definition) is 3. The lowest BCUT2D eigenvalue weighted by atomic mass is 9.85. The summed E-state index contributed by atoms with van der Waals surface area (Å²) < 4.78 is 5.19. The zero-order chi connectivity index (χ0) is 9.45. The van der Waals surface area contributed by atoms with Crippen molar-refractivity contribution in [3.8, 4) is 5.40 Å². The molecule has 0 heterocycles. The molecule has 0 aromatic heterocycles. The normalized spacial score (nSPS) is 18.2. The quantitative estimate of drug-likeness (QED) is 0.637. The van der Waals surface area contributed by atoms with Gasteiger partial charge in [0.05, 0.1) is 11.4 Å². The van der Waals surface area contributed by atoms with Gasteiger partial charge in [0.2, 0.25) is 0 Å². The molecular formula is C9H17NOS. The summed E-state index contributed by atoms with van der Waals surface area (Å²) in [5.74, 6) is 0. The third kappa shape index (κ3) is 3.04. The Morgan fingerprint density at radius 3 is 2.33 bits per heavy atom. The van der Waals surface area contributed by atoms with Gasteiger partial charge in [-0.1, -0.05) is 20.3 Å². The predicted octanol–water partition coefficient (Wildman–Crippen LogP) is 2.80. The van der Waals surface area contributed by atoms with E-state index in [9.17, 15) is 0 Å². The number of methoxy groups -OCH3 is 1. The highest BCUT2D eigenvalue weighted by molar-refractivity contribution is 8.05. The van der Waals surface area contributed by atoms with Crippen molar-refractivity contribution in [2.45, 2.75) is 37.9 Å². The maximum atomic E-state index is 8.45. The van der Waals surface area contributed by atoms with E-state index in [0.717, 1.165) is 19.4 Å². The molecule has 0 spiro atoms. The number of nitrogens with zero attached hydrogens (tertiary/aromatic N) is 1. The summed E-state index contributed by atoms with van der Waals surface area (Å²) >= 11 is 1.37. The van der Waals surface area contributed by atoms with E-state index in [0.29, 0.717) is 0 Å². The largest absolute Gasteiger partial charge is 0.383 e. The van der Waals surface area contributed by atoms with Crippen molar-refractivity contribution in [2.75, 3.05) is 13.7 Å². The molecule has 1 aliphatic carbocycles. The summed E-state index contributed by atoms with van der Waals surface area (Å²) in [6, 6.07) is 0. The Labute approximate surface area is 79.3 Å². The maximum Gasteiger partial charge on any atom is 0.134 e. The van der Waals surface area contributed by atoms with Crippen molar-refractivity contribution in [2.24, 2.45) is 0 Å². The van der Waals surface area contributed by atoms with Crippen molar-refractivity contribution < 1.29 is 4.74 Å². The van der Waals surface area contributed by atoms with Crippen LogP contribution >= 0.6 is 11.8 Å². The minimum Gasteiger partial charge on any atom is -0.383 e. The van der Waals surface area contributed by atoms with Gasteiger partial charge in [-0.05, 0) is 24.6 Å². The fourth-order valence-electron chi connectivity index (χ4n) is 1.21. The highest BCUT2D eigenvalue weighted by atomic mass is 32.2. The van der Waals surface area contributed by atoms with E-state index in [1.165, 1.54) is 18.2 Å². The highest BCUT2D eigenvalue weighted by Crippen LogP contribution is 2.43. The average molecular weight is 187 g/mol. The number of thiocyanates is 1. The lowest BCUT2D eigenvalue weighted by Crippen LogP contribution is -2.37. The van der Waals surface area contributed by atoms with E-state index in [1.54, 1.807) is 7.11 Å². The van der Waals surface area contributed by atoms with Crippen molar-refractivity contribution in [1.29, 1.82) is 5.26 Å². The summed E-state index contributed by atoms with van der Waals surface area (Å²) in [4.78, 5) is 0. The Morgan fingerprint density at radius 2 is 2.08 bits per heavy atom. The van der Waals surface area contributed by atoms with Crippen LogP contribution in [0.15, 0.2) is 0 Å². The number of nitriles is 1. The standard InChI is InChI=1S/C7H11NOS.C2H6/c1-9-5-7(10-6-8)3-2-4-7;1-2/h2-5H2,1H3;1-2H3. The van der Waals surface area contributed by atoms with Gasteiger partial charge in [-0.15, -0.1) is 0 Å². The lowest BCUT2D eigenvalue weighted by Gasteiger charge is -2.37. The molecule has 0 unspecified atom stereocenters. The Bertz CT molecular complexity index is 149. The maximum absolute atomic E-state index is 8.45. The minimum absolute atomic E-state index is 0.156. The molecular weight excluding hydrogens is 170 g/mol. The molecule has 0 radical (unpaired) electrons. The molecule has 1 fully saturated rings. The van der Waals surface area contributed by atoms with E-state index in [4.69, 9.17) is 10.00 Å². The van der Waals surface area contributed by atoms with Crippen LogP contribution in [-0.2, 0) is 4.74 Å². The zero-order valence-electron chi connectivity index (χ0n) is 8.09. The number of rotatable bonds is 3. The first-order valence-corrected chi connectivity index (χ1v) is 5.21. The molecule has 0 aromatic rings. The van der Waals surface area contributed by atoms with Gasteiger partial charge < -0.3 is 4.74 Å². The summed E-state index contributed by atoms with van der Waals surface area (Å²) in [6.07, 6.45) is 3.52. The van der Waals surface area contributed by atoms with Gasteiger partial charge in [0.25, 0.3) is 0 Å². The van der Waals surface area contributed by atoms with Crippen molar-refractivity contribution >= 4 is 11.8 Å². The Hall–Kier alpha value is -0.200. The molecule has 0 amide bonds. The van der Waals surface area contributed by atoms with E-state index in [1.807, 2.05) is 13.8 Å². The molecule has 1 saturated carbocycles. The van der Waals surface area contributed by atoms with Crippen LogP contribution in [0.3, 0.4) is 0 Å². The van der Waals surface area contributed by atoms with Gasteiger partial charge in [-0.3, -0.25) is 0 Å². The lowest BCUT2D eigenvalue weighted by molar-refractivity contribution is 0.133. The molecule has 0 aliphatic heterocycles. The van der Waals surface area contributed by atoms with Gasteiger partial charge >= 0.3 is 0 Å². The van der Waals surface area contributed by atoms with Gasteiger partial charge in [0.15, 0.2) is 0 Å². The summed E-state index contributed by atoms with van der Waals surface area (Å²) in [5, 5.41) is 10.6. The smallest absolute Gasteiger partial charge is 0.134 e. The summed E-state index contributed by atoms with van der Waals surface area (Å²) in [6.45, 7) is 4.73. The van der Waals surface area contributed by atoms with Gasteiger partial charge in [0.1, 0.15) is 5.40 Å². The third-order valence-corrected chi connectivity index (χ3v) is 2.98. The van der Waals surface area contributed by atoms with Crippen LogP contribution in [0.25, 0.3) is 0 Å². The molecule has 3 heteroatoms. The molecule has 0 saturated heterocycles. The Morgan fingerprint density at radius 1 is 1.50 bits per heavy atom. The molecule has 0 aromatic carbocycles. The van der Waals surface area contributed by atoms with E-state index in [2.05, 4.69) is 5.40 Å². The first-order valence-electron chi connectivity index (χ1n) is 4.39. The average Bonchev–Trinajstić information content (AvgIpc) is 2.05. The topological polar surface area (TPSA) is 33.0 Å². The van der Waals surface area contributed by atoms with Crippen LogP contribution in [0.2, 0.25) is 0 Å². The van der Waals surface area contributed by atoms with Crippen LogP contribution in [0, 0.1) is 10.7 Å². The summed E-state index contributed by atoms with van der Waals surface area (Å²) in [7, 11) is 1.69. The number of ether oxygens (including phenoxy) is 1. The molecule has 1 aliphatic rings. The Kier molecular flexibility index (Phi) is 6.23. The minimum atomic E-state index is 0.156. The van der Waals surface area contributed by atoms with Crippen molar-refractivity contribution in [3.63, 3.8) is 0 Å². The van der Waals surface area contributed by atoms with E-state index >= 15 is 0 Å². The van der Waals surface area contributed by atoms with E-state index < -0.39 is 0 Å². The van der Waals surface area contributed by atoms with Crippen molar-refractivity contribution in [3.05, 3.63) is 0 Å². The molecule has 0 N–H and O–H groups in total. The second-order valence-corrected chi connectivity index (χ2v) is 3.92. The number of thioether (sulfide) groups is 1. The van der Waals surface area contributed by atoms with Crippen LogP contribution in [0.1, 0.15) is 33.1 Å². The van der Waals surface area contributed by atoms with Gasteiger partial charge in [-0.2, -0.15) is 5.26 Å². The Balaban J connectivity index is 0.000000561. The predicted molar refractivity (Wildman–Crippen MR) is 53.0 cm³/mol. The number of hydrogen-bond donors (Lipinski definition) is 0. The van der Waals surface area contributed by atoms with Gasteiger partial charge in [-0.25, -0.2) is 0 Å². The SMILES string of the molecule is CC.COCC1(SC#N)CCC1. The van der Waals surface area contributed by atoms with E-state index in [-0.39, 0.29) is 4.75 Å². The van der Waals surface area contributed by atoms with Crippen molar-refractivity contribution in [1.82, 2.24) is 0 Å². The van der Waals surface area contributed by atoms with Gasteiger partial charge in [0, 0.05) is 7.11 Å². The second kappa shape index (κ2) is 6.33. The fraction of sp³-hybridized carbons (Fsp3) is 0.889. The second-order valence-electron chi connectivity index (χ2n) is 2.66. The molecule has 0 atom stereocenters. The van der Waals surface area contributed by atoms with Crippen LogP contribution in [0.4, 0.5) is 0 Å². The monoisotopic (exact) mass is 187 g/mol. The van der Waals surface area contributed by atoms with Crippen LogP contribution in [0.5, 0.6) is 0 Å². The molecule has 12 heavy (non-hydrogen) atoms.